The Balaban J connectivity index is 1.60. The smallest absolute Gasteiger partial charge is 0.115 e. The molecule has 3 heteroatoms. The van der Waals surface area contributed by atoms with Crippen molar-refractivity contribution in [2.75, 3.05) is 13.1 Å². The Morgan fingerprint density at radius 3 is 3.00 bits per heavy atom. The van der Waals surface area contributed by atoms with Gasteiger partial charge in [0.2, 0.25) is 0 Å². The van der Waals surface area contributed by atoms with Crippen molar-refractivity contribution >= 4 is 0 Å². The summed E-state index contributed by atoms with van der Waals surface area (Å²) >= 11 is 0. The van der Waals surface area contributed by atoms with E-state index in [1.807, 2.05) is 6.20 Å². The molecule has 0 N–H and O–H groups in total. The van der Waals surface area contributed by atoms with Crippen LogP contribution in [0.4, 0.5) is 0 Å². The zero-order chi connectivity index (χ0) is 11.5. The van der Waals surface area contributed by atoms with Gasteiger partial charge in [-0.05, 0) is 18.8 Å². The summed E-state index contributed by atoms with van der Waals surface area (Å²) in [5, 5.41) is 0. The Bertz CT molecular complexity index is 371. The fourth-order valence-corrected chi connectivity index (χ4v) is 3.22. The molecule has 2 aliphatic rings. The van der Waals surface area contributed by atoms with Crippen molar-refractivity contribution < 1.29 is 0 Å². The van der Waals surface area contributed by atoms with Gasteiger partial charge in [-0.3, -0.25) is 4.90 Å². The molecule has 0 aromatic carbocycles. The number of hydrogen-bond acceptors (Lipinski definition) is 3. The summed E-state index contributed by atoms with van der Waals surface area (Å²) in [5.41, 5.74) is 2.61. The Hall–Kier alpha value is -0.960. The predicted molar refractivity (Wildman–Crippen MR) is 67.6 cm³/mol. The van der Waals surface area contributed by atoms with Crippen LogP contribution in [0.2, 0.25) is 0 Å². The van der Waals surface area contributed by atoms with E-state index in [1.165, 1.54) is 56.5 Å². The van der Waals surface area contributed by atoms with Crippen LogP contribution >= 0.6 is 0 Å². The molecule has 0 radical (unpaired) electrons. The summed E-state index contributed by atoms with van der Waals surface area (Å²) in [4.78, 5) is 11.1. The molecule has 92 valence electrons. The fraction of sp³-hybridized carbons (Fsp3) is 0.714. The van der Waals surface area contributed by atoms with Gasteiger partial charge >= 0.3 is 0 Å². The van der Waals surface area contributed by atoms with Crippen molar-refractivity contribution in [1.82, 2.24) is 14.9 Å². The lowest BCUT2D eigenvalue weighted by molar-refractivity contribution is 0.185. The van der Waals surface area contributed by atoms with E-state index in [0.717, 1.165) is 18.9 Å². The van der Waals surface area contributed by atoms with Gasteiger partial charge < -0.3 is 0 Å². The largest absolute Gasteiger partial charge is 0.298 e. The van der Waals surface area contributed by atoms with Crippen LogP contribution in [0.3, 0.4) is 0 Å². The topological polar surface area (TPSA) is 29.0 Å². The second kappa shape index (κ2) is 5.13. The molecule has 0 atom stereocenters. The minimum Gasteiger partial charge on any atom is -0.298 e. The van der Waals surface area contributed by atoms with Gasteiger partial charge in [0.05, 0.1) is 0 Å². The number of hydrogen-bond donors (Lipinski definition) is 0. The number of nitrogens with zero attached hydrogens (tertiary/aromatic N) is 3. The molecule has 1 aliphatic carbocycles. The molecule has 1 saturated carbocycles. The maximum absolute atomic E-state index is 4.36. The highest BCUT2D eigenvalue weighted by molar-refractivity contribution is 5.18. The van der Waals surface area contributed by atoms with Crippen LogP contribution in [0, 0.1) is 5.92 Å². The first-order valence-electron chi connectivity index (χ1n) is 6.92. The molecule has 0 amide bonds. The Morgan fingerprint density at radius 2 is 2.12 bits per heavy atom. The zero-order valence-corrected chi connectivity index (χ0v) is 10.4. The van der Waals surface area contributed by atoms with E-state index < -0.39 is 0 Å². The second-order valence-corrected chi connectivity index (χ2v) is 5.48. The summed E-state index contributed by atoms with van der Waals surface area (Å²) < 4.78 is 0. The number of fused-ring (bicyclic) bond motifs is 1. The average molecular weight is 231 g/mol. The highest BCUT2D eigenvalue weighted by Crippen LogP contribution is 2.26. The van der Waals surface area contributed by atoms with Crippen LogP contribution in [0.5, 0.6) is 0 Å². The van der Waals surface area contributed by atoms with Gasteiger partial charge in [-0.15, -0.1) is 0 Å². The van der Waals surface area contributed by atoms with Crippen LogP contribution < -0.4 is 0 Å². The fourth-order valence-electron chi connectivity index (χ4n) is 3.22. The number of rotatable bonds is 2. The SMILES string of the molecule is c1ncc2c(n1)CCN(CC1CCCCC1)C2. The maximum atomic E-state index is 4.36. The summed E-state index contributed by atoms with van der Waals surface area (Å²) in [6.07, 6.45) is 12.0. The molecule has 0 bridgehead atoms. The molecule has 3 nitrogen and oxygen atoms in total. The van der Waals surface area contributed by atoms with Crippen molar-refractivity contribution in [2.45, 2.75) is 45.1 Å². The molecule has 0 unspecified atom stereocenters. The lowest BCUT2D eigenvalue weighted by atomic mass is 9.88. The third-order valence-electron chi connectivity index (χ3n) is 4.18. The molecule has 1 aliphatic heterocycles. The third-order valence-corrected chi connectivity index (χ3v) is 4.18. The van der Waals surface area contributed by atoms with E-state index in [-0.39, 0.29) is 0 Å². The summed E-state index contributed by atoms with van der Waals surface area (Å²) in [7, 11) is 0. The molecule has 0 spiro atoms. The van der Waals surface area contributed by atoms with Crippen molar-refractivity contribution in [3.05, 3.63) is 23.8 Å². The van der Waals surface area contributed by atoms with Crippen LogP contribution in [0.15, 0.2) is 12.5 Å². The highest BCUT2D eigenvalue weighted by Gasteiger charge is 2.21. The van der Waals surface area contributed by atoms with Gasteiger partial charge in [-0.2, -0.15) is 0 Å². The second-order valence-electron chi connectivity index (χ2n) is 5.48. The van der Waals surface area contributed by atoms with E-state index in [9.17, 15) is 0 Å². The Labute approximate surface area is 103 Å². The minimum absolute atomic E-state index is 0.940. The summed E-state index contributed by atoms with van der Waals surface area (Å²) in [5.74, 6) is 0.940. The van der Waals surface area contributed by atoms with Crippen molar-refractivity contribution in [1.29, 1.82) is 0 Å². The van der Waals surface area contributed by atoms with Crippen molar-refractivity contribution in [3.63, 3.8) is 0 Å². The normalized spacial score (nSPS) is 22.4. The van der Waals surface area contributed by atoms with Gasteiger partial charge in [0.25, 0.3) is 0 Å². The molecule has 3 rings (SSSR count). The maximum Gasteiger partial charge on any atom is 0.115 e. The van der Waals surface area contributed by atoms with Crippen molar-refractivity contribution in [3.8, 4) is 0 Å². The minimum atomic E-state index is 0.940. The van der Waals surface area contributed by atoms with Crippen LogP contribution in [-0.2, 0) is 13.0 Å². The lowest BCUT2D eigenvalue weighted by Crippen LogP contribution is -2.35. The van der Waals surface area contributed by atoms with E-state index in [1.54, 1.807) is 6.33 Å². The van der Waals surface area contributed by atoms with Gasteiger partial charge in [-0.1, -0.05) is 19.3 Å². The molecule has 17 heavy (non-hydrogen) atoms. The van der Waals surface area contributed by atoms with E-state index in [2.05, 4.69) is 14.9 Å². The monoisotopic (exact) mass is 231 g/mol. The summed E-state index contributed by atoms with van der Waals surface area (Å²) in [6.45, 7) is 3.53. The van der Waals surface area contributed by atoms with Gasteiger partial charge in [0.1, 0.15) is 6.33 Å². The third kappa shape index (κ3) is 2.65. The molecular formula is C14H21N3. The Morgan fingerprint density at radius 1 is 1.24 bits per heavy atom. The molecule has 2 heterocycles. The predicted octanol–water partition coefficient (Wildman–Crippen LogP) is 2.42. The van der Waals surface area contributed by atoms with Crippen LogP contribution in [0.1, 0.15) is 43.4 Å². The Kier molecular flexibility index (Phi) is 3.36. The van der Waals surface area contributed by atoms with Crippen molar-refractivity contribution in [2.24, 2.45) is 5.92 Å². The lowest BCUT2D eigenvalue weighted by Gasteiger charge is -2.32. The van der Waals surface area contributed by atoms with Gasteiger partial charge in [-0.25, -0.2) is 9.97 Å². The van der Waals surface area contributed by atoms with Gasteiger partial charge in [0, 0.05) is 43.5 Å². The first kappa shape index (κ1) is 11.1. The molecule has 1 fully saturated rings. The van der Waals surface area contributed by atoms with Gasteiger partial charge in [0.15, 0.2) is 0 Å². The quantitative estimate of drug-likeness (QED) is 0.782. The molecule has 1 aromatic rings. The van der Waals surface area contributed by atoms with Crippen LogP contribution in [-0.4, -0.2) is 28.0 Å². The molecule has 0 saturated heterocycles. The first-order valence-corrected chi connectivity index (χ1v) is 6.92. The standard InChI is InChI=1S/C14H21N3/c1-2-4-12(5-3-1)9-17-7-6-14-13(10-17)8-15-11-16-14/h8,11-12H,1-7,9-10H2. The average Bonchev–Trinajstić information content (AvgIpc) is 2.40. The van der Waals surface area contributed by atoms with E-state index in [4.69, 9.17) is 0 Å². The molecule has 1 aromatic heterocycles. The first-order chi connectivity index (χ1) is 8.42. The van der Waals surface area contributed by atoms with Crippen LogP contribution in [0.25, 0.3) is 0 Å². The highest BCUT2D eigenvalue weighted by atomic mass is 15.1. The molecular weight excluding hydrogens is 210 g/mol. The van der Waals surface area contributed by atoms with E-state index in [0.29, 0.717) is 0 Å². The number of aromatic nitrogens is 2. The zero-order valence-electron chi connectivity index (χ0n) is 10.4. The summed E-state index contributed by atoms with van der Waals surface area (Å²) in [6, 6.07) is 0. The van der Waals surface area contributed by atoms with E-state index >= 15 is 0 Å².